The number of nitrogens with zero attached hydrogens (tertiary/aromatic N) is 1. The number of aromatic nitrogens is 1. The summed E-state index contributed by atoms with van der Waals surface area (Å²) in [6, 6.07) is 1.50. The van der Waals surface area contributed by atoms with E-state index in [9.17, 15) is 13.2 Å². The second kappa shape index (κ2) is 3.37. The van der Waals surface area contributed by atoms with Crippen molar-refractivity contribution in [1.82, 2.24) is 4.98 Å². The van der Waals surface area contributed by atoms with Crippen molar-refractivity contribution in [3.05, 3.63) is 29.6 Å². The molecule has 0 atom stereocenters. The van der Waals surface area contributed by atoms with E-state index in [2.05, 4.69) is 4.98 Å². The van der Waals surface area contributed by atoms with Gasteiger partial charge in [0, 0.05) is 18.3 Å². The Labute approximate surface area is 90.3 Å². The van der Waals surface area contributed by atoms with Gasteiger partial charge in [0.05, 0.1) is 5.41 Å². The Bertz CT molecular complexity index is 371. The Balaban J connectivity index is 2.38. The molecule has 1 saturated carbocycles. The van der Waals surface area contributed by atoms with Gasteiger partial charge in [0.1, 0.15) is 0 Å². The van der Waals surface area contributed by atoms with Gasteiger partial charge in [-0.2, -0.15) is 13.2 Å². The van der Waals surface area contributed by atoms with E-state index in [0.29, 0.717) is 5.56 Å². The fraction of sp³-hybridized carbons (Fsp3) is 0.500. The Morgan fingerprint density at radius 2 is 2.00 bits per heavy atom. The largest absolute Gasteiger partial charge is 0.398 e. The Morgan fingerprint density at radius 3 is 2.47 bits per heavy atom. The summed E-state index contributed by atoms with van der Waals surface area (Å²) in [5, 5.41) is 0. The lowest BCUT2D eigenvalue weighted by Gasteiger charge is -2.19. The van der Waals surface area contributed by atoms with Crippen molar-refractivity contribution in [2.45, 2.75) is 30.3 Å². The molecular weight excluding hydrogens is 227 g/mol. The minimum Gasteiger partial charge on any atom is -0.264 e. The maximum Gasteiger partial charge on any atom is 0.398 e. The SMILES string of the molecule is FC(F)(F)C1(c2cncc(CCl)c2)CC1. The normalized spacial score (nSPS) is 18.9. The monoisotopic (exact) mass is 235 g/mol. The highest BCUT2D eigenvalue weighted by molar-refractivity contribution is 6.17. The highest BCUT2D eigenvalue weighted by Gasteiger charge is 2.64. The van der Waals surface area contributed by atoms with Crippen LogP contribution in [0, 0.1) is 0 Å². The van der Waals surface area contributed by atoms with Crippen molar-refractivity contribution in [2.24, 2.45) is 0 Å². The maximum atomic E-state index is 12.8. The molecule has 0 spiro atoms. The van der Waals surface area contributed by atoms with Crippen molar-refractivity contribution in [1.29, 1.82) is 0 Å². The molecule has 1 aliphatic rings. The van der Waals surface area contributed by atoms with Gasteiger partial charge in [-0.15, -0.1) is 11.6 Å². The van der Waals surface area contributed by atoms with E-state index in [1.54, 1.807) is 0 Å². The third-order valence-electron chi connectivity index (χ3n) is 2.79. The van der Waals surface area contributed by atoms with Crippen LogP contribution in [0.4, 0.5) is 13.2 Å². The standard InChI is InChI=1S/C10H9ClF3N/c11-4-7-3-8(6-15-5-7)9(1-2-9)10(12,13)14/h3,5-6H,1-2,4H2. The first-order chi connectivity index (χ1) is 6.99. The third-order valence-corrected chi connectivity index (χ3v) is 3.10. The van der Waals surface area contributed by atoms with E-state index in [-0.39, 0.29) is 24.3 Å². The van der Waals surface area contributed by atoms with E-state index >= 15 is 0 Å². The highest BCUT2D eigenvalue weighted by Crippen LogP contribution is 2.58. The first-order valence-electron chi connectivity index (χ1n) is 4.57. The molecule has 1 aliphatic carbocycles. The zero-order chi connectivity index (χ0) is 11.1. The van der Waals surface area contributed by atoms with Crippen LogP contribution in [-0.4, -0.2) is 11.2 Å². The van der Waals surface area contributed by atoms with Gasteiger partial charge in [0.15, 0.2) is 0 Å². The van der Waals surface area contributed by atoms with E-state index in [1.807, 2.05) is 0 Å². The highest BCUT2D eigenvalue weighted by atomic mass is 35.5. The Hall–Kier alpha value is -0.770. The first-order valence-corrected chi connectivity index (χ1v) is 5.10. The van der Waals surface area contributed by atoms with Crippen LogP contribution in [0.5, 0.6) is 0 Å². The molecular formula is C10H9ClF3N. The van der Waals surface area contributed by atoms with Crippen molar-refractivity contribution >= 4 is 11.6 Å². The number of halogens is 4. The van der Waals surface area contributed by atoms with Crippen LogP contribution < -0.4 is 0 Å². The first kappa shape index (κ1) is 10.7. The third kappa shape index (κ3) is 1.71. The molecule has 2 rings (SSSR count). The van der Waals surface area contributed by atoms with Gasteiger partial charge in [-0.05, 0) is 24.0 Å². The van der Waals surface area contributed by atoms with Crippen LogP contribution in [-0.2, 0) is 11.3 Å². The molecule has 0 aromatic carbocycles. The fourth-order valence-corrected chi connectivity index (χ4v) is 1.83. The zero-order valence-corrected chi connectivity index (χ0v) is 8.57. The Kier molecular flexibility index (Phi) is 2.41. The number of hydrogen-bond acceptors (Lipinski definition) is 1. The van der Waals surface area contributed by atoms with Gasteiger partial charge in [-0.3, -0.25) is 4.98 Å². The van der Waals surface area contributed by atoms with Gasteiger partial charge >= 0.3 is 6.18 Å². The molecule has 1 heterocycles. The number of hydrogen-bond donors (Lipinski definition) is 0. The predicted molar refractivity (Wildman–Crippen MR) is 50.8 cm³/mol. The summed E-state index contributed by atoms with van der Waals surface area (Å²) in [4.78, 5) is 3.79. The van der Waals surface area contributed by atoms with E-state index < -0.39 is 11.6 Å². The number of rotatable bonds is 2. The molecule has 1 fully saturated rings. The smallest absolute Gasteiger partial charge is 0.264 e. The topological polar surface area (TPSA) is 12.9 Å². The predicted octanol–water partition coefficient (Wildman–Crippen LogP) is 3.41. The van der Waals surface area contributed by atoms with Crippen LogP contribution in [0.3, 0.4) is 0 Å². The number of pyridine rings is 1. The minimum atomic E-state index is -4.18. The molecule has 0 saturated heterocycles. The van der Waals surface area contributed by atoms with Gasteiger partial charge < -0.3 is 0 Å². The molecule has 0 bridgehead atoms. The zero-order valence-electron chi connectivity index (χ0n) is 7.81. The summed E-state index contributed by atoms with van der Waals surface area (Å²) in [5.74, 6) is 0.189. The molecule has 0 radical (unpaired) electrons. The van der Waals surface area contributed by atoms with Gasteiger partial charge in [0.25, 0.3) is 0 Å². The van der Waals surface area contributed by atoms with Crippen molar-refractivity contribution in [2.75, 3.05) is 0 Å². The van der Waals surface area contributed by atoms with Gasteiger partial charge in [-0.1, -0.05) is 6.07 Å². The lowest BCUT2D eigenvalue weighted by molar-refractivity contribution is -0.160. The lowest BCUT2D eigenvalue weighted by atomic mass is 9.96. The summed E-state index contributed by atoms with van der Waals surface area (Å²) in [6.45, 7) is 0. The molecule has 15 heavy (non-hydrogen) atoms. The molecule has 1 aromatic heterocycles. The van der Waals surface area contributed by atoms with Gasteiger partial charge in [-0.25, -0.2) is 0 Å². The number of alkyl halides is 4. The van der Waals surface area contributed by atoms with Gasteiger partial charge in [0.2, 0.25) is 0 Å². The van der Waals surface area contributed by atoms with E-state index in [1.165, 1.54) is 18.5 Å². The van der Waals surface area contributed by atoms with Crippen molar-refractivity contribution < 1.29 is 13.2 Å². The van der Waals surface area contributed by atoms with Crippen molar-refractivity contribution in [3.8, 4) is 0 Å². The maximum absolute atomic E-state index is 12.8. The summed E-state index contributed by atoms with van der Waals surface area (Å²) in [7, 11) is 0. The van der Waals surface area contributed by atoms with E-state index in [0.717, 1.165) is 0 Å². The molecule has 1 aromatic rings. The second-order valence-electron chi connectivity index (χ2n) is 3.80. The average molecular weight is 236 g/mol. The summed E-state index contributed by atoms with van der Waals surface area (Å²) < 4.78 is 38.3. The molecule has 0 N–H and O–H groups in total. The van der Waals surface area contributed by atoms with Crippen LogP contribution >= 0.6 is 11.6 Å². The second-order valence-corrected chi connectivity index (χ2v) is 4.06. The molecule has 0 aliphatic heterocycles. The molecule has 0 amide bonds. The molecule has 82 valence electrons. The summed E-state index contributed by atoms with van der Waals surface area (Å²) >= 11 is 5.56. The summed E-state index contributed by atoms with van der Waals surface area (Å²) in [6.07, 6.45) is -1.09. The molecule has 0 unspecified atom stereocenters. The molecule has 1 nitrogen and oxygen atoms in total. The van der Waals surface area contributed by atoms with Crippen molar-refractivity contribution in [3.63, 3.8) is 0 Å². The Morgan fingerprint density at radius 1 is 1.33 bits per heavy atom. The van der Waals surface area contributed by atoms with Crippen LogP contribution in [0.15, 0.2) is 18.5 Å². The lowest BCUT2D eigenvalue weighted by Crippen LogP contribution is -2.28. The fourth-order valence-electron chi connectivity index (χ4n) is 1.68. The quantitative estimate of drug-likeness (QED) is 0.716. The minimum absolute atomic E-state index is 0.157. The summed E-state index contributed by atoms with van der Waals surface area (Å²) in [5.41, 5.74) is -0.778. The van der Waals surface area contributed by atoms with Crippen LogP contribution in [0.25, 0.3) is 0 Å². The molecule has 5 heteroatoms. The van der Waals surface area contributed by atoms with E-state index in [4.69, 9.17) is 11.6 Å². The van der Waals surface area contributed by atoms with Crippen LogP contribution in [0.2, 0.25) is 0 Å². The average Bonchev–Trinajstić information content (AvgIpc) is 2.97. The van der Waals surface area contributed by atoms with Crippen LogP contribution in [0.1, 0.15) is 24.0 Å².